The summed E-state index contributed by atoms with van der Waals surface area (Å²) in [6.07, 6.45) is 1.65. The highest BCUT2D eigenvalue weighted by Gasteiger charge is 2.37. The van der Waals surface area contributed by atoms with Crippen LogP contribution in [0.3, 0.4) is 0 Å². The molecule has 1 fully saturated rings. The molecule has 0 aliphatic carbocycles. The molecule has 0 spiro atoms. The van der Waals surface area contributed by atoms with Crippen LogP contribution in [-0.2, 0) is 4.74 Å². The second-order valence-corrected chi connectivity index (χ2v) is 6.77. The molecule has 7 nitrogen and oxygen atoms in total. The zero-order valence-electron chi connectivity index (χ0n) is 15.4. The Morgan fingerprint density at radius 2 is 1.96 bits per heavy atom. The molecule has 0 bridgehead atoms. The summed E-state index contributed by atoms with van der Waals surface area (Å²) in [5, 5.41) is 2.77. The van der Waals surface area contributed by atoms with Crippen molar-refractivity contribution in [1.82, 2.24) is 4.90 Å². The van der Waals surface area contributed by atoms with Gasteiger partial charge in [0.15, 0.2) is 0 Å². The van der Waals surface area contributed by atoms with Crippen LogP contribution in [0.25, 0.3) is 0 Å². The lowest BCUT2D eigenvalue weighted by Crippen LogP contribution is -2.36. The summed E-state index contributed by atoms with van der Waals surface area (Å²) in [5.74, 6) is -0.578. The van der Waals surface area contributed by atoms with Gasteiger partial charge in [-0.25, -0.2) is 0 Å². The third kappa shape index (κ3) is 3.25. The minimum absolute atomic E-state index is 0.115. The van der Waals surface area contributed by atoms with Crippen LogP contribution < -0.4 is 10.1 Å². The van der Waals surface area contributed by atoms with Crippen molar-refractivity contribution in [3.63, 3.8) is 0 Å². The number of methoxy groups -OCH3 is 1. The van der Waals surface area contributed by atoms with Gasteiger partial charge in [0.2, 0.25) is 0 Å². The van der Waals surface area contributed by atoms with E-state index in [9.17, 15) is 14.4 Å². The van der Waals surface area contributed by atoms with Crippen molar-refractivity contribution in [3.05, 3.63) is 59.2 Å². The van der Waals surface area contributed by atoms with E-state index in [-0.39, 0.29) is 35.9 Å². The van der Waals surface area contributed by atoms with E-state index in [0.717, 1.165) is 12.8 Å². The van der Waals surface area contributed by atoms with Crippen LogP contribution in [-0.4, -0.2) is 49.0 Å². The third-order valence-electron chi connectivity index (χ3n) is 5.00. The van der Waals surface area contributed by atoms with Crippen LogP contribution in [0.1, 0.15) is 43.9 Å². The Morgan fingerprint density at radius 1 is 1.18 bits per heavy atom. The Hall–Kier alpha value is -3.19. The Bertz CT molecular complexity index is 950. The SMILES string of the molecule is COc1ccccc1NC(=O)c1ccc2c(c1)C(=O)N(C[C@@H]1CCCO1)C2=O. The molecule has 0 unspecified atom stereocenters. The van der Waals surface area contributed by atoms with Gasteiger partial charge in [-0.1, -0.05) is 12.1 Å². The third-order valence-corrected chi connectivity index (χ3v) is 5.00. The number of nitrogens with zero attached hydrogens (tertiary/aromatic N) is 1. The monoisotopic (exact) mass is 380 g/mol. The number of carbonyl (C=O) groups is 3. The molecule has 2 aliphatic heterocycles. The van der Waals surface area contributed by atoms with Crippen molar-refractivity contribution < 1.29 is 23.9 Å². The Balaban J connectivity index is 1.55. The van der Waals surface area contributed by atoms with Gasteiger partial charge in [0.05, 0.1) is 36.6 Å². The van der Waals surface area contributed by atoms with E-state index in [1.165, 1.54) is 24.1 Å². The van der Waals surface area contributed by atoms with Gasteiger partial charge in [0, 0.05) is 12.2 Å². The molecule has 144 valence electrons. The van der Waals surface area contributed by atoms with E-state index in [2.05, 4.69) is 5.32 Å². The highest BCUT2D eigenvalue weighted by atomic mass is 16.5. The van der Waals surface area contributed by atoms with Gasteiger partial charge < -0.3 is 14.8 Å². The lowest BCUT2D eigenvalue weighted by molar-refractivity contribution is 0.0475. The first-order chi connectivity index (χ1) is 13.6. The van der Waals surface area contributed by atoms with Crippen LogP contribution in [0, 0.1) is 0 Å². The zero-order chi connectivity index (χ0) is 19.7. The normalized spacial score (nSPS) is 18.3. The number of fused-ring (bicyclic) bond motifs is 1. The number of ether oxygens (including phenoxy) is 2. The minimum Gasteiger partial charge on any atom is -0.495 e. The molecule has 0 radical (unpaired) electrons. The molecule has 0 saturated carbocycles. The molecule has 2 heterocycles. The minimum atomic E-state index is -0.387. The van der Waals surface area contributed by atoms with E-state index in [0.29, 0.717) is 29.2 Å². The molecule has 1 N–H and O–H groups in total. The molecule has 1 atom stereocenters. The summed E-state index contributed by atoms with van der Waals surface area (Å²) < 4.78 is 10.8. The number of hydrogen-bond donors (Lipinski definition) is 1. The van der Waals surface area contributed by atoms with Crippen molar-refractivity contribution >= 4 is 23.4 Å². The molecule has 1 saturated heterocycles. The van der Waals surface area contributed by atoms with E-state index in [1.807, 2.05) is 0 Å². The molecular formula is C21H20N2O5. The topological polar surface area (TPSA) is 84.9 Å². The van der Waals surface area contributed by atoms with Crippen molar-refractivity contribution in [2.75, 3.05) is 25.6 Å². The highest BCUT2D eigenvalue weighted by Crippen LogP contribution is 2.27. The van der Waals surface area contributed by atoms with Crippen LogP contribution in [0.4, 0.5) is 5.69 Å². The van der Waals surface area contributed by atoms with Crippen molar-refractivity contribution in [2.45, 2.75) is 18.9 Å². The van der Waals surface area contributed by atoms with Crippen LogP contribution >= 0.6 is 0 Å². The smallest absolute Gasteiger partial charge is 0.261 e. The number of para-hydroxylation sites is 2. The molecular weight excluding hydrogens is 360 g/mol. The number of anilines is 1. The zero-order valence-corrected chi connectivity index (χ0v) is 15.4. The van der Waals surface area contributed by atoms with Crippen LogP contribution in [0.15, 0.2) is 42.5 Å². The molecule has 2 aromatic carbocycles. The lowest BCUT2D eigenvalue weighted by atomic mass is 10.1. The predicted octanol–water partition coefficient (Wildman–Crippen LogP) is 2.72. The van der Waals surface area contributed by atoms with Gasteiger partial charge in [-0.2, -0.15) is 0 Å². The number of amides is 3. The summed E-state index contributed by atoms with van der Waals surface area (Å²) in [6, 6.07) is 11.6. The molecule has 2 aliphatic rings. The number of imide groups is 1. The van der Waals surface area contributed by atoms with E-state index in [1.54, 1.807) is 30.3 Å². The second-order valence-electron chi connectivity index (χ2n) is 6.77. The molecule has 7 heteroatoms. The van der Waals surface area contributed by atoms with Gasteiger partial charge >= 0.3 is 0 Å². The van der Waals surface area contributed by atoms with Gasteiger partial charge in [-0.15, -0.1) is 0 Å². The Labute approximate surface area is 162 Å². The quantitative estimate of drug-likeness (QED) is 0.807. The molecule has 28 heavy (non-hydrogen) atoms. The number of rotatable bonds is 5. The standard InChI is InChI=1S/C21H20N2O5/c1-27-18-7-3-2-6-17(18)22-19(24)13-8-9-15-16(11-13)21(26)23(20(15)25)12-14-5-4-10-28-14/h2-3,6-9,11,14H,4-5,10,12H2,1H3,(H,22,24)/t14-/m0/s1. The summed E-state index contributed by atoms with van der Waals surface area (Å²) >= 11 is 0. The first kappa shape index (κ1) is 18.2. The maximum absolute atomic E-state index is 12.7. The summed E-state index contributed by atoms with van der Waals surface area (Å²) in [5.41, 5.74) is 1.38. The van der Waals surface area contributed by atoms with E-state index in [4.69, 9.17) is 9.47 Å². The number of nitrogens with one attached hydrogen (secondary N) is 1. The second kappa shape index (κ2) is 7.44. The molecule has 2 aromatic rings. The van der Waals surface area contributed by atoms with Crippen molar-refractivity contribution in [1.29, 1.82) is 0 Å². The summed E-state index contributed by atoms with van der Waals surface area (Å²) in [4.78, 5) is 39.2. The molecule has 4 rings (SSSR count). The van der Waals surface area contributed by atoms with Crippen molar-refractivity contribution in [2.24, 2.45) is 0 Å². The first-order valence-electron chi connectivity index (χ1n) is 9.14. The van der Waals surface area contributed by atoms with Crippen molar-refractivity contribution in [3.8, 4) is 5.75 Å². The van der Waals surface area contributed by atoms with Gasteiger partial charge in [-0.3, -0.25) is 19.3 Å². The fourth-order valence-corrected chi connectivity index (χ4v) is 3.53. The summed E-state index contributed by atoms with van der Waals surface area (Å²) in [7, 11) is 1.52. The maximum Gasteiger partial charge on any atom is 0.261 e. The first-order valence-corrected chi connectivity index (χ1v) is 9.14. The summed E-state index contributed by atoms with van der Waals surface area (Å²) in [6.45, 7) is 0.899. The largest absolute Gasteiger partial charge is 0.495 e. The lowest BCUT2D eigenvalue weighted by Gasteiger charge is -2.17. The van der Waals surface area contributed by atoms with Crippen LogP contribution in [0.5, 0.6) is 5.75 Å². The van der Waals surface area contributed by atoms with Crippen LogP contribution in [0.2, 0.25) is 0 Å². The number of carbonyl (C=O) groups excluding carboxylic acids is 3. The fourth-order valence-electron chi connectivity index (χ4n) is 3.53. The predicted molar refractivity (Wildman–Crippen MR) is 102 cm³/mol. The molecule has 0 aromatic heterocycles. The molecule has 3 amide bonds. The Morgan fingerprint density at radius 3 is 2.71 bits per heavy atom. The van der Waals surface area contributed by atoms with E-state index >= 15 is 0 Å². The maximum atomic E-state index is 12.7. The van der Waals surface area contributed by atoms with Gasteiger partial charge in [0.25, 0.3) is 17.7 Å². The average molecular weight is 380 g/mol. The fraction of sp³-hybridized carbons (Fsp3) is 0.286. The number of hydrogen-bond acceptors (Lipinski definition) is 5. The average Bonchev–Trinajstić information content (AvgIpc) is 3.31. The van der Waals surface area contributed by atoms with Gasteiger partial charge in [-0.05, 0) is 43.2 Å². The Kier molecular flexibility index (Phi) is 4.83. The van der Waals surface area contributed by atoms with E-state index < -0.39 is 0 Å². The number of benzene rings is 2. The highest BCUT2D eigenvalue weighted by molar-refractivity contribution is 6.22. The van der Waals surface area contributed by atoms with Gasteiger partial charge in [0.1, 0.15) is 5.75 Å².